The van der Waals surface area contributed by atoms with Crippen molar-refractivity contribution in [1.29, 1.82) is 0 Å². The second-order valence-electron chi connectivity index (χ2n) is 13.2. The van der Waals surface area contributed by atoms with E-state index in [1.54, 1.807) is 0 Å². The Bertz CT molecular complexity index is 2630. The van der Waals surface area contributed by atoms with E-state index in [1.165, 1.54) is 5.56 Å². The zero-order valence-corrected chi connectivity index (χ0v) is 26.1. The lowest BCUT2D eigenvalue weighted by Crippen LogP contribution is -2.10. The Balaban J connectivity index is 1.27. The number of fused-ring (bicyclic) bond motifs is 7. The molecule has 4 aromatic heterocycles. The number of benzene rings is 5. The Kier molecular flexibility index (Phi) is 5.61. The predicted molar refractivity (Wildman–Crippen MR) is 188 cm³/mol. The summed E-state index contributed by atoms with van der Waals surface area (Å²) < 4.78 is 15.3. The van der Waals surface area contributed by atoms with Crippen LogP contribution in [0.25, 0.3) is 83.4 Å². The minimum atomic E-state index is 0.0393. The third-order valence-electron chi connectivity index (χ3n) is 9.15. The van der Waals surface area contributed by atoms with Crippen LogP contribution in [0.3, 0.4) is 0 Å². The summed E-state index contributed by atoms with van der Waals surface area (Å²) in [4.78, 5) is 10.1. The largest absolute Gasteiger partial charge is 0.456 e. The van der Waals surface area contributed by atoms with Gasteiger partial charge in [-0.25, -0.2) is 9.97 Å². The van der Waals surface area contributed by atoms with Crippen LogP contribution in [0, 0.1) is 6.92 Å². The summed E-state index contributed by atoms with van der Waals surface area (Å²) in [5.41, 5.74) is 11.3. The van der Waals surface area contributed by atoms with Crippen LogP contribution in [-0.2, 0) is 5.41 Å². The molecule has 9 aromatic rings. The van der Waals surface area contributed by atoms with Crippen LogP contribution in [0.5, 0.6) is 0 Å². The first-order valence-electron chi connectivity index (χ1n) is 15.7. The van der Waals surface area contributed by atoms with Crippen LogP contribution in [0.2, 0.25) is 0 Å². The third-order valence-corrected chi connectivity index (χ3v) is 9.15. The van der Waals surface area contributed by atoms with Gasteiger partial charge in [0.05, 0.1) is 28.0 Å². The normalized spacial score (nSPS) is 12.3. The molecule has 0 aliphatic carbocycles. The van der Waals surface area contributed by atoms with Crippen molar-refractivity contribution in [3.05, 3.63) is 126 Å². The molecule has 5 aromatic carbocycles. The standard InChI is InChI=1S/C41H31N3O2/c1-24-14-17-31(38-37(24)30-20-21-32(43-40(30)46-38)25-10-6-5-7-11-25)39-42-33-12-8-9-13-34(33)44(39)27-16-19-29-28-18-15-26(41(2,3)4)22-35(28)45-36(29)23-27/h5-23H,1-4H3. The topological polar surface area (TPSA) is 57.0 Å². The molecule has 4 heterocycles. The molecule has 0 amide bonds. The van der Waals surface area contributed by atoms with Gasteiger partial charge >= 0.3 is 0 Å². The molecule has 0 spiro atoms. The highest BCUT2D eigenvalue weighted by Crippen LogP contribution is 2.40. The van der Waals surface area contributed by atoms with E-state index in [-0.39, 0.29) is 5.41 Å². The van der Waals surface area contributed by atoms with Crippen molar-refractivity contribution in [3.8, 4) is 28.3 Å². The molecule has 0 fully saturated rings. The fourth-order valence-corrected chi connectivity index (χ4v) is 6.71. The van der Waals surface area contributed by atoms with Crippen molar-refractivity contribution in [2.45, 2.75) is 33.1 Å². The van der Waals surface area contributed by atoms with Gasteiger partial charge in [0.2, 0.25) is 5.71 Å². The van der Waals surface area contributed by atoms with Gasteiger partial charge in [-0.1, -0.05) is 81.4 Å². The number of aryl methyl sites for hydroxylation is 1. The highest BCUT2D eigenvalue weighted by atomic mass is 16.3. The molecule has 0 atom stereocenters. The van der Waals surface area contributed by atoms with Crippen LogP contribution in [0.4, 0.5) is 0 Å². The Labute approximate surface area is 265 Å². The number of imidazole rings is 1. The Hall–Kier alpha value is -5.68. The fourth-order valence-electron chi connectivity index (χ4n) is 6.71. The lowest BCUT2D eigenvalue weighted by Gasteiger charge is -2.18. The van der Waals surface area contributed by atoms with Gasteiger partial charge in [-0.05, 0) is 72.0 Å². The minimum absolute atomic E-state index is 0.0393. The molecule has 0 aliphatic rings. The van der Waals surface area contributed by atoms with Gasteiger partial charge in [-0.3, -0.25) is 4.57 Å². The Morgan fingerprint density at radius 3 is 2.22 bits per heavy atom. The second kappa shape index (κ2) is 9.66. The number of hydrogen-bond acceptors (Lipinski definition) is 4. The summed E-state index contributed by atoms with van der Waals surface area (Å²) in [6.45, 7) is 8.80. The van der Waals surface area contributed by atoms with Gasteiger partial charge in [-0.2, -0.15) is 0 Å². The number of rotatable bonds is 3. The van der Waals surface area contributed by atoms with Crippen molar-refractivity contribution in [1.82, 2.24) is 14.5 Å². The third kappa shape index (κ3) is 4.01. The van der Waals surface area contributed by atoms with E-state index in [0.717, 1.165) is 83.2 Å². The summed E-state index contributed by atoms with van der Waals surface area (Å²) in [7, 11) is 0. The molecule has 0 aliphatic heterocycles. The average Bonchev–Trinajstić information content (AvgIpc) is 3.75. The first-order valence-corrected chi connectivity index (χ1v) is 15.7. The zero-order chi connectivity index (χ0) is 31.2. The van der Waals surface area contributed by atoms with E-state index in [0.29, 0.717) is 5.71 Å². The van der Waals surface area contributed by atoms with Crippen molar-refractivity contribution >= 4 is 55.0 Å². The van der Waals surface area contributed by atoms with E-state index in [2.05, 4.69) is 123 Å². The number of hydrogen-bond donors (Lipinski definition) is 0. The first kappa shape index (κ1) is 26.7. The monoisotopic (exact) mass is 597 g/mol. The van der Waals surface area contributed by atoms with Gasteiger partial charge in [-0.15, -0.1) is 0 Å². The number of para-hydroxylation sites is 2. The summed E-state index contributed by atoms with van der Waals surface area (Å²) >= 11 is 0. The maximum atomic E-state index is 6.63. The SMILES string of the molecule is Cc1ccc(-c2nc3ccccc3n2-c2ccc3c(c2)oc2cc(C(C)(C)C)ccc23)c2oc3nc(-c4ccccc4)ccc3c12. The van der Waals surface area contributed by atoms with Crippen molar-refractivity contribution in [2.24, 2.45) is 0 Å². The summed E-state index contributed by atoms with van der Waals surface area (Å²) in [5.74, 6) is 0.805. The lowest BCUT2D eigenvalue weighted by molar-refractivity contribution is 0.587. The van der Waals surface area contributed by atoms with E-state index < -0.39 is 0 Å². The average molecular weight is 598 g/mol. The molecule has 0 bridgehead atoms. The van der Waals surface area contributed by atoms with Gasteiger partial charge in [0.15, 0.2) is 0 Å². The van der Waals surface area contributed by atoms with E-state index in [9.17, 15) is 0 Å². The molecule has 9 rings (SSSR count). The highest BCUT2D eigenvalue weighted by Gasteiger charge is 2.22. The lowest BCUT2D eigenvalue weighted by atomic mass is 9.87. The maximum absolute atomic E-state index is 6.63. The Morgan fingerprint density at radius 2 is 1.39 bits per heavy atom. The summed E-state index contributed by atoms with van der Waals surface area (Å²) in [5, 5.41) is 4.27. The maximum Gasteiger partial charge on any atom is 0.227 e. The van der Waals surface area contributed by atoms with Gasteiger partial charge in [0, 0.05) is 33.2 Å². The van der Waals surface area contributed by atoms with Crippen molar-refractivity contribution in [2.75, 3.05) is 0 Å². The van der Waals surface area contributed by atoms with Gasteiger partial charge in [0.1, 0.15) is 22.6 Å². The molecule has 5 heteroatoms. The molecule has 0 saturated heterocycles. The Morgan fingerprint density at radius 1 is 0.652 bits per heavy atom. The second-order valence-corrected chi connectivity index (χ2v) is 13.2. The molecule has 5 nitrogen and oxygen atoms in total. The van der Waals surface area contributed by atoms with Gasteiger partial charge < -0.3 is 8.83 Å². The van der Waals surface area contributed by atoms with Crippen LogP contribution < -0.4 is 0 Å². The predicted octanol–water partition coefficient (Wildman–Crippen LogP) is 11.2. The summed E-state index contributed by atoms with van der Waals surface area (Å²) in [6, 6.07) is 39.9. The molecular weight excluding hydrogens is 566 g/mol. The van der Waals surface area contributed by atoms with Crippen LogP contribution in [-0.4, -0.2) is 14.5 Å². The van der Waals surface area contributed by atoms with E-state index in [1.807, 2.05) is 24.3 Å². The van der Waals surface area contributed by atoms with Crippen LogP contribution in [0.15, 0.2) is 124 Å². The molecule has 0 N–H and O–H groups in total. The minimum Gasteiger partial charge on any atom is -0.456 e. The molecular formula is C41H31N3O2. The van der Waals surface area contributed by atoms with Crippen LogP contribution >= 0.6 is 0 Å². The zero-order valence-electron chi connectivity index (χ0n) is 26.1. The number of nitrogens with zero attached hydrogens (tertiary/aromatic N) is 3. The van der Waals surface area contributed by atoms with Gasteiger partial charge in [0.25, 0.3) is 0 Å². The fraction of sp³-hybridized carbons (Fsp3) is 0.122. The molecule has 0 radical (unpaired) electrons. The van der Waals surface area contributed by atoms with Crippen molar-refractivity contribution in [3.63, 3.8) is 0 Å². The molecule has 222 valence electrons. The number of aromatic nitrogens is 3. The van der Waals surface area contributed by atoms with E-state index >= 15 is 0 Å². The van der Waals surface area contributed by atoms with Crippen LogP contribution in [0.1, 0.15) is 31.9 Å². The van der Waals surface area contributed by atoms with Crippen molar-refractivity contribution < 1.29 is 8.83 Å². The quantitative estimate of drug-likeness (QED) is 0.203. The molecule has 0 saturated carbocycles. The molecule has 46 heavy (non-hydrogen) atoms. The van der Waals surface area contributed by atoms with E-state index in [4.69, 9.17) is 18.8 Å². The summed E-state index contributed by atoms with van der Waals surface area (Å²) in [6.07, 6.45) is 0. The first-order chi connectivity index (χ1) is 22.3. The number of pyridine rings is 1. The smallest absolute Gasteiger partial charge is 0.227 e. The molecule has 0 unspecified atom stereocenters. The number of furan rings is 2. The highest BCUT2D eigenvalue weighted by molar-refractivity contribution is 6.11.